The van der Waals surface area contributed by atoms with Crippen molar-refractivity contribution in [3.63, 3.8) is 0 Å². The second kappa shape index (κ2) is 7.08. The van der Waals surface area contributed by atoms with Gasteiger partial charge in [-0.2, -0.15) is 0 Å². The van der Waals surface area contributed by atoms with E-state index in [0.29, 0.717) is 16.2 Å². The lowest BCUT2D eigenvalue weighted by Gasteiger charge is -2.54. The first-order valence-electron chi connectivity index (χ1n) is 9.12. The summed E-state index contributed by atoms with van der Waals surface area (Å²) in [6, 6.07) is 7.80. The molecule has 5 heteroatoms. The molecule has 1 aromatic rings. The Kier molecular flexibility index (Phi) is 4.83. The number of amides is 1. The highest BCUT2D eigenvalue weighted by atomic mass is 35.5. The number of benzene rings is 1. The van der Waals surface area contributed by atoms with Crippen molar-refractivity contribution in [2.24, 2.45) is 23.7 Å². The molecule has 4 fully saturated rings. The summed E-state index contributed by atoms with van der Waals surface area (Å²) in [7, 11) is 0. The maximum absolute atomic E-state index is 12.1. The molecule has 0 atom stereocenters. The van der Waals surface area contributed by atoms with Crippen LogP contribution in [0, 0.1) is 23.7 Å². The Morgan fingerprint density at radius 1 is 1.04 bits per heavy atom. The maximum atomic E-state index is 12.1. The van der Waals surface area contributed by atoms with Crippen molar-refractivity contribution < 1.29 is 4.79 Å². The van der Waals surface area contributed by atoms with Crippen LogP contribution in [0.4, 0.5) is 0 Å². The zero-order chi connectivity index (χ0) is 17.4. The molecule has 132 valence electrons. The highest BCUT2D eigenvalue weighted by Gasteiger charge is 2.48. The fourth-order valence-electron chi connectivity index (χ4n) is 5.25. The lowest BCUT2D eigenvalue weighted by Crippen LogP contribution is -2.57. The van der Waals surface area contributed by atoms with Gasteiger partial charge in [0, 0.05) is 17.1 Å². The van der Waals surface area contributed by atoms with Crippen LogP contribution in [0.3, 0.4) is 0 Å². The van der Waals surface area contributed by atoms with Crippen LogP contribution in [0.2, 0.25) is 5.02 Å². The number of nitrogens with one attached hydrogen (secondary N) is 2. The van der Waals surface area contributed by atoms with E-state index >= 15 is 0 Å². The van der Waals surface area contributed by atoms with Crippen LogP contribution in [0.15, 0.2) is 30.3 Å². The molecule has 0 spiro atoms. The highest BCUT2D eigenvalue weighted by molar-refractivity contribution is 7.80. The molecule has 0 unspecified atom stereocenters. The van der Waals surface area contributed by atoms with Crippen LogP contribution in [-0.4, -0.2) is 17.1 Å². The van der Waals surface area contributed by atoms with E-state index in [4.69, 9.17) is 23.8 Å². The van der Waals surface area contributed by atoms with Gasteiger partial charge in [0.15, 0.2) is 5.11 Å². The van der Waals surface area contributed by atoms with Gasteiger partial charge in [0.2, 0.25) is 5.91 Å². The highest BCUT2D eigenvalue weighted by Crippen LogP contribution is 2.53. The predicted molar refractivity (Wildman–Crippen MR) is 105 cm³/mol. The van der Waals surface area contributed by atoms with Gasteiger partial charge in [0.05, 0.1) is 0 Å². The van der Waals surface area contributed by atoms with E-state index in [2.05, 4.69) is 10.6 Å². The summed E-state index contributed by atoms with van der Waals surface area (Å²) in [6.07, 6.45) is 10.0. The summed E-state index contributed by atoms with van der Waals surface area (Å²) in [5, 5.41) is 7.38. The Hall–Kier alpha value is -1.39. The van der Waals surface area contributed by atoms with Crippen LogP contribution in [0.25, 0.3) is 6.08 Å². The van der Waals surface area contributed by atoms with Crippen LogP contribution in [0.1, 0.15) is 37.7 Å². The molecule has 0 saturated heterocycles. The minimum Gasteiger partial charge on any atom is -0.359 e. The molecule has 1 amide bonds. The summed E-state index contributed by atoms with van der Waals surface area (Å²) < 4.78 is 0. The monoisotopic (exact) mass is 374 g/mol. The average Bonchev–Trinajstić information content (AvgIpc) is 2.57. The molecular formula is C20H23ClN2OS. The van der Waals surface area contributed by atoms with Crippen molar-refractivity contribution in [1.29, 1.82) is 0 Å². The van der Waals surface area contributed by atoms with Crippen molar-refractivity contribution in [3.05, 3.63) is 40.9 Å². The van der Waals surface area contributed by atoms with Crippen LogP contribution in [0.5, 0.6) is 0 Å². The Balaban J connectivity index is 1.30. The molecule has 2 N–H and O–H groups in total. The van der Waals surface area contributed by atoms with Gasteiger partial charge in [-0.15, -0.1) is 0 Å². The third kappa shape index (κ3) is 3.90. The van der Waals surface area contributed by atoms with Gasteiger partial charge in [-0.05, 0) is 91.8 Å². The number of halogens is 1. The van der Waals surface area contributed by atoms with Crippen LogP contribution < -0.4 is 10.6 Å². The molecular weight excluding hydrogens is 352 g/mol. The van der Waals surface area contributed by atoms with Crippen LogP contribution >= 0.6 is 23.8 Å². The fourth-order valence-corrected chi connectivity index (χ4v) is 5.61. The number of rotatable bonds is 3. The summed E-state index contributed by atoms with van der Waals surface area (Å²) in [4.78, 5) is 12.1. The standard InChI is InChI=1S/C20H23ClN2OS/c21-17-4-1-12(2-5-17)3-6-18(24)22-20(25)23-19-15-8-13-7-14(10-15)11-16(19)9-13/h1-6,13-16,19H,7-11H2,(H2,22,23,24,25). The normalized spacial score (nSPS) is 32.8. The molecule has 25 heavy (non-hydrogen) atoms. The van der Waals surface area contributed by atoms with Gasteiger partial charge in [-0.1, -0.05) is 23.7 Å². The number of carbonyl (C=O) groups excluding carboxylic acids is 1. The first-order chi connectivity index (χ1) is 12.1. The number of thiocarbonyl (C=S) groups is 1. The fraction of sp³-hybridized carbons (Fsp3) is 0.500. The SMILES string of the molecule is O=C(C=Cc1ccc(Cl)cc1)NC(=S)NC1C2CC3CC(C2)CC1C3. The molecule has 0 radical (unpaired) electrons. The van der Waals surface area contributed by atoms with Crippen molar-refractivity contribution in [3.8, 4) is 0 Å². The van der Waals surface area contributed by atoms with E-state index in [1.165, 1.54) is 38.2 Å². The largest absolute Gasteiger partial charge is 0.359 e. The number of carbonyl (C=O) groups is 1. The van der Waals surface area contributed by atoms with Gasteiger partial charge in [-0.25, -0.2) is 0 Å². The molecule has 4 aliphatic carbocycles. The zero-order valence-corrected chi connectivity index (χ0v) is 15.7. The van der Waals surface area contributed by atoms with Crippen molar-refractivity contribution in [2.75, 3.05) is 0 Å². The lowest BCUT2D eigenvalue weighted by molar-refractivity contribution is -0.115. The van der Waals surface area contributed by atoms with Gasteiger partial charge in [0.25, 0.3) is 0 Å². The predicted octanol–water partition coefficient (Wildman–Crippen LogP) is 4.17. The molecule has 4 saturated carbocycles. The van der Waals surface area contributed by atoms with E-state index in [1.807, 2.05) is 12.1 Å². The molecule has 0 aromatic heterocycles. The Morgan fingerprint density at radius 3 is 2.24 bits per heavy atom. The van der Waals surface area contributed by atoms with Gasteiger partial charge in [-0.3, -0.25) is 10.1 Å². The Morgan fingerprint density at radius 2 is 1.64 bits per heavy atom. The smallest absolute Gasteiger partial charge is 0.250 e. The number of hydrogen-bond donors (Lipinski definition) is 2. The minimum absolute atomic E-state index is 0.198. The molecule has 4 aliphatic rings. The summed E-state index contributed by atoms with van der Waals surface area (Å²) >= 11 is 11.2. The molecule has 0 heterocycles. The van der Waals surface area contributed by atoms with Crippen molar-refractivity contribution >= 4 is 40.9 Å². The van der Waals surface area contributed by atoms with Gasteiger partial charge in [0.1, 0.15) is 0 Å². The lowest BCUT2D eigenvalue weighted by atomic mass is 9.54. The van der Waals surface area contributed by atoms with Crippen molar-refractivity contribution in [1.82, 2.24) is 10.6 Å². The molecule has 0 aliphatic heterocycles. The van der Waals surface area contributed by atoms with E-state index in [9.17, 15) is 4.79 Å². The van der Waals surface area contributed by atoms with E-state index in [0.717, 1.165) is 29.2 Å². The molecule has 1 aromatic carbocycles. The quantitative estimate of drug-likeness (QED) is 0.616. The van der Waals surface area contributed by atoms with Gasteiger partial charge < -0.3 is 5.32 Å². The average molecular weight is 375 g/mol. The first-order valence-corrected chi connectivity index (χ1v) is 9.90. The van der Waals surface area contributed by atoms with Crippen molar-refractivity contribution in [2.45, 2.75) is 38.1 Å². The maximum Gasteiger partial charge on any atom is 0.250 e. The Labute approximate surface area is 159 Å². The van der Waals surface area contributed by atoms with E-state index in [-0.39, 0.29) is 5.91 Å². The summed E-state index contributed by atoms with van der Waals surface area (Å²) in [5.41, 5.74) is 0.930. The molecule has 5 rings (SSSR count). The second-order valence-electron chi connectivity index (χ2n) is 7.80. The zero-order valence-electron chi connectivity index (χ0n) is 14.1. The second-order valence-corrected chi connectivity index (χ2v) is 8.65. The third-order valence-corrected chi connectivity index (χ3v) is 6.53. The molecule has 3 nitrogen and oxygen atoms in total. The van der Waals surface area contributed by atoms with Gasteiger partial charge >= 0.3 is 0 Å². The van der Waals surface area contributed by atoms with E-state index < -0.39 is 0 Å². The topological polar surface area (TPSA) is 41.1 Å². The van der Waals surface area contributed by atoms with E-state index in [1.54, 1.807) is 18.2 Å². The number of hydrogen-bond acceptors (Lipinski definition) is 2. The summed E-state index contributed by atoms with van der Waals surface area (Å²) in [5.74, 6) is 3.14. The minimum atomic E-state index is -0.198. The third-order valence-electron chi connectivity index (χ3n) is 6.06. The molecule has 4 bridgehead atoms. The summed E-state index contributed by atoms with van der Waals surface area (Å²) in [6.45, 7) is 0. The first kappa shape index (κ1) is 17.0. The Bertz CT molecular complexity index is 672. The van der Waals surface area contributed by atoms with Crippen LogP contribution in [-0.2, 0) is 4.79 Å².